The van der Waals surface area contributed by atoms with Gasteiger partial charge in [-0.1, -0.05) is 18.2 Å². The molecule has 7 nitrogen and oxygen atoms in total. The van der Waals surface area contributed by atoms with Gasteiger partial charge in [0.15, 0.2) is 5.96 Å². The Labute approximate surface area is 196 Å². The highest BCUT2D eigenvalue weighted by molar-refractivity contribution is 14.0. The number of hydrogen-bond donors (Lipinski definition) is 2. The quantitative estimate of drug-likeness (QED) is 0.312. The van der Waals surface area contributed by atoms with Crippen LogP contribution in [0, 0.1) is 0 Å². The molecule has 1 atom stereocenters. The van der Waals surface area contributed by atoms with Crippen molar-refractivity contribution in [2.75, 3.05) is 52.4 Å². The third-order valence-corrected chi connectivity index (χ3v) is 5.01. The summed E-state index contributed by atoms with van der Waals surface area (Å²) in [6.45, 7) is 10.1. The minimum atomic E-state index is -1.12. The van der Waals surface area contributed by atoms with Crippen LogP contribution in [0.25, 0.3) is 0 Å². The van der Waals surface area contributed by atoms with E-state index in [0.29, 0.717) is 12.4 Å². The normalized spacial score (nSPS) is 17.2. The van der Waals surface area contributed by atoms with E-state index in [1.165, 1.54) is 0 Å². The maximum atomic E-state index is 10.7. The molecule has 1 aliphatic heterocycles. The van der Waals surface area contributed by atoms with Gasteiger partial charge < -0.3 is 24.5 Å². The number of furan rings is 1. The second-order valence-corrected chi connectivity index (χ2v) is 7.41. The van der Waals surface area contributed by atoms with Crippen LogP contribution in [-0.4, -0.2) is 73.3 Å². The van der Waals surface area contributed by atoms with Crippen molar-refractivity contribution in [3.63, 3.8) is 0 Å². The van der Waals surface area contributed by atoms with Crippen molar-refractivity contribution in [1.29, 1.82) is 0 Å². The fraction of sp³-hybridized carbons (Fsp3) is 0.500. The van der Waals surface area contributed by atoms with Gasteiger partial charge >= 0.3 is 0 Å². The molecule has 2 heterocycles. The highest BCUT2D eigenvalue weighted by Gasteiger charge is 2.27. The molecule has 0 aliphatic carbocycles. The second-order valence-electron chi connectivity index (χ2n) is 7.41. The van der Waals surface area contributed by atoms with Crippen LogP contribution in [0.3, 0.4) is 0 Å². The lowest BCUT2D eigenvalue weighted by molar-refractivity contribution is 0.0433. The number of para-hydroxylation sites is 1. The molecule has 0 bridgehead atoms. The first kappa shape index (κ1) is 24.5. The Morgan fingerprint density at radius 3 is 2.53 bits per heavy atom. The number of guanidine groups is 1. The summed E-state index contributed by atoms with van der Waals surface area (Å²) in [6.07, 6.45) is 1.57. The van der Waals surface area contributed by atoms with Crippen molar-refractivity contribution in [2.24, 2.45) is 4.99 Å². The Morgan fingerprint density at radius 2 is 1.90 bits per heavy atom. The summed E-state index contributed by atoms with van der Waals surface area (Å²) in [7, 11) is 0. The monoisotopic (exact) mass is 528 g/mol. The summed E-state index contributed by atoms with van der Waals surface area (Å²) in [5, 5.41) is 14.0. The second kappa shape index (κ2) is 12.2. The van der Waals surface area contributed by atoms with Gasteiger partial charge in [0.25, 0.3) is 0 Å². The third kappa shape index (κ3) is 7.17. The molecule has 1 aromatic carbocycles. The maximum absolute atomic E-state index is 10.7. The fourth-order valence-corrected chi connectivity index (χ4v) is 3.31. The molecule has 30 heavy (non-hydrogen) atoms. The van der Waals surface area contributed by atoms with E-state index in [1.807, 2.05) is 30.3 Å². The number of aliphatic imine (C=N–C) groups is 1. The molecule has 1 aromatic heterocycles. The predicted molar refractivity (Wildman–Crippen MR) is 130 cm³/mol. The predicted octanol–water partition coefficient (Wildman–Crippen LogP) is 2.77. The van der Waals surface area contributed by atoms with E-state index in [0.717, 1.165) is 51.0 Å². The average Bonchev–Trinajstić information content (AvgIpc) is 3.29. The summed E-state index contributed by atoms with van der Waals surface area (Å²) in [5.41, 5.74) is -1.12. The highest BCUT2D eigenvalue weighted by atomic mass is 127. The Morgan fingerprint density at radius 1 is 1.17 bits per heavy atom. The Hall–Kier alpha value is -1.78. The molecular weight excluding hydrogens is 495 g/mol. The first-order chi connectivity index (χ1) is 14.1. The van der Waals surface area contributed by atoms with Gasteiger partial charge in [-0.25, -0.2) is 4.99 Å². The Bertz CT molecular complexity index is 745. The molecule has 3 rings (SSSR count). The van der Waals surface area contributed by atoms with Crippen molar-refractivity contribution in [2.45, 2.75) is 19.4 Å². The molecule has 2 aromatic rings. The number of halogens is 1. The summed E-state index contributed by atoms with van der Waals surface area (Å²) >= 11 is 0. The van der Waals surface area contributed by atoms with E-state index < -0.39 is 5.60 Å². The van der Waals surface area contributed by atoms with Gasteiger partial charge in [-0.2, -0.15) is 0 Å². The molecule has 8 heteroatoms. The number of aliphatic hydroxyl groups is 1. The van der Waals surface area contributed by atoms with E-state index in [1.54, 1.807) is 25.3 Å². The molecule has 0 radical (unpaired) electrons. The minimum absolute atomic E-state index is 0. The number of benzene rings is 1. The fourth-order valence-electron chi connectivity index (χ4n) is 3.31. The molecule has 1 unspecified atom stereocenters. The molecule has 1 aliphatic rings. The molecule has 166 valence electrons. The smallest absolute Gasteiger partial charge is 0.194 e. The lowest BCUT2D eigenvalue weighted by atomic mass is 10.0. The van der Waals surface area contributed by atoms with E-state index in [4.69, 9.17) is 9.15 Å². The van der Waals surface area contributed by atoms with Crippen LogP contribution in [0.2, 0.25) is 0 Å². The van der Waals surface area contributed by atoms with Crippen LogP contribution in [0.15, 0.2) is 58.1 Å². The Kier molecular flexibility index (Phi) is 9.93. The van der Waals surface area contributed by atoms with E-state index >= 15 is 0 Å². The van der Waals surface area contributed by atoms with Crippen LogP contribution in [0.1, 0.15) is 19.6 Å². The van der Waals surface area contributed by atoms with Crippen LogP contribution in [0.4, 0.5) is 0 Å². The number of rotatable bonds is 8. The van der Waals surface area contributed by atoms with Crippen molar-refractivity contribution in [3.05, 3.63) is 54.5 Å². The Balaban J connectivity index is 0.00000320. The lowest BCUT2D eigenvalue weighted by Gasteiger charge is -2.36. The molecule has 1 saturated heterocycles. The average molecular weight is 528 g/mol. The number of nitrogens with one attached hydrogen (secondary N) is 1. The molecule has 0 spiro atoms. The highest BCUT2D eigenvalue weighted by Crippen LogP contribution is 2.21. The van der Waals surface area contributed by atoms with Crippen molar-refractivity contribution in [3.8, 4) is 5.75 Å². The largest absolute Gasteiger partial charge is 0.492 e. The van der Waals surface area contributed by atoms with E-state index in [-0.39, 0.29) is 30.5 Å². The van der Waals surface area contributed by atoms with Gasteiger partial charge in [0.05, 0.1) is 12.8 Å². The number of ether oxygens (including phenoxy) is 1. The van der Waals surface area contributed by atoms with Gasteiger partial charge in [-0.05, 0) is 38.1 Å². The van der Waals surface area contributed by atoms with Crippen LogP contribution >= 0.6 is 24.0 Å². The number of nitrogens with zero attached hydrogens (tertiary/aromatic N) is 3. The van der Waals surface area contributed by atoms with Crippen LogP contribution < -0.4 is 10.1 Å². The zero-order chi connectivity index (χ0) is 20.5. The third-order valence-electron chi connectivity index (χ3n) is 5.01. The molecule has 0 saturated carbocycles. The first-order valence-electron chi connectivity index (χ1n) is 10.3. The van der Waals surface area contributed by atoms with Crippen LogP contribution in [-0.2, 0) is 5.60 Å². The van der Waals surface area contributed by atoms with E-state index in [9.17, 15) is 5.11 Å². The summed E-state index contributed by atoms with van der Waals surface area (Å²) in [6, 6.07) is 13.5. The van der Waals surface area contributed by atoms with Crippen molar-refractivity contribution in [1.82, 2.24) is 15.1 Å². The SMILES string of the molecule is CCNC(=NCC(C)(O)c1ccco1)N1CCN(CCOc2ccccc2)CC1.I. The molecule has 2 N–H and O–H groups in total. The topological polar surface area (TPSA) is 73.5 Å². The van der Waals surface area contributed by atoms with E-state index in [2.05, 4.69) is 27.0 Å². The minimum Gasteiger partial charge on any atom is -0.492 e. The summed E-state index contributed by atoms with van der Waals surface area (Å²) in [5.74, 6) is 2.27. The maximum Gasteiger partial charge on any atom is 0.194 e. The summed E-state index contributed by atoms with van der Waals surface area (Å²) in [4.78, 5) is 9.32. The van der Waals surface area contributed by atoms with Crippen LogP contribution in [0.5, 0.6) is 5.75 Å². The summed E-state index contributed by atoms with van der Waals surface area (Å²) < 4.78 is 11.2. The standard InChI is InChI=1S/C22H32N4O3.HI/c1-3-23-21(24-18-22(2,27)20-10-7-16-29-20)26-13-11-25(12-14-26)15-17-28-19-8-5-4-6-9-19;/h4-10,16,27H,3,11-15,17-18H2,1-2H3,(H,23,24);1H. The van der Waals surface area contributed by atoms with Crippen molar-refractivity contribution >= 4 is 29.9 Å². The van der Waals surface area contributed by atoms with Gasteiger partial charge in [0.2, 0.25) is 0 Å². The zero-order valence-corrected chi connectivity index (χ0v) is 20.1. The number of hydrogen-bond acceptors (Lipinski definition) is 5. The first-order valence-corrected chi connectivity index (χ1v) is 10.3. The zero-order valence-electron chi connectivity index (χ0n) is 17.8. The van der Waals surface area contributed by atoms with Gasteiger partial charge in [-0.3, -0.25) is 4.90 Å². The number of piperazine rings is 1. The lowest BCUT2D eigenvalue weighted by Crippen LogP contribution is -2.53. The molecule has 1 fully saturated rings. The molecule has 0 amide bonds. The molecular formula is C22H33IN4O3. The van der Waals surface area contributed by atoms with Gasteiger partial charge in [0.1, 0.15) is 23.7 Å². The van der Waals surface area contributed by atoms with Crippen molar-refractivity contribution < 1.29 is 14.3 Å². The van der Waals surface area contributed by atoms with Gasteiger partial charge in [-0.15, -0.1) is 24.0 Å². The van der Waals surface area contributed by atoms with Gasteiger partial charge in [0, 0.05) is 39.3 Å².